The predicted molar refractivity (Wildman–Crippen MR) is 273 cm³/mol. The molecule has 3 heterocycles. The molecule has 4 nitrogen and oxygen atoms in total. The minimum absolute atomic E-state index is 0.665. The van der Waals surface area contributed by atoms with E-state index in [0.29, 0.717) is 17.5 Å². The van der Waals surface area contributed by atoms with E-state index in [9.17, 15) is 0 Å². The molecule has 0 saturated heterocycles. The van der Waals surface area contributed by atoms with Crippen molar-refractivity contribution in [2.24, 2.45) is 0 Å². The van der Waals surface area contributed by atoms with Crippen molar-refractivity contribution in [3.63, 3.8) is 0 Å². The van der Waals surface area contributed by atoms with E-state index in [0.717, 1.165) is 29.5 Å². The fraction of sp³-hybridized carbons (Fsp3) is 0.0500. The molecule has 0 atom stereocenters. The number of fused-ring (bicyclic) bond motifs is 7. The van der Waals surface area contributed by atoms with Crippen LogP contribution in [0, 0.1) is 6.92 Å². The third kappa shape index (κ3) is 6.98. The minimum atomic E-state index is 0.665. The van der Waals surface area contributed by atoms with Gasteiger partial charge in [-0.1, -0.05) is 182 Å². The first kappa shape index (κ1) is 38.7. The smallest absolute Gasteiger partial charge is 0.164 e. The van der Waals surface area contributed by atoms with Gasteiger partial charge in [0.15, 0.2) is 17.5 Å². The molecule has 3 aromatic heterocycles. The summed E-state index contributed by atoms with van der Waals surface area (Å²) in [6.07, 6.45) is 1.75. The van der Waals surface area contributed by atoms with Gasteiger partial charge < -0.3 is 4.57 Å². The van der Waals surface area contributed by atoms with Gasteiger partial charge in [0.1, 0.15) is 0 Å². The summed E-state index contributed by atoms with van der Waals surface area (Å²) in [6, 6.07) is 76.0. The Morgan fingerprint density at radius 1 is 0.400 bits per heavy atom. The van der Waals surface area contributed by atoms with Gasteiger partial charge in [-0.05, 0) is 89.0 Å². The van der Waals surface area contributed by atoms with Crippen LogP contribution < -0.4 is 0 Å². The number of aryl methyl sites for hydroxylation is 3. The monoisotopic (exact) mass is 850 g/mol. The highest BCUT2D eigenvalue weighted by atomic mass is 32.1. The van der Waals surface area contributed by atoms with Crippen molar-refractivity contribution in [3.8, 4) is 62.1 Å². The topological polar surface area (TPSA) is 43.6 Å². The second-order valence-electron chi connectivity index (χ2n) is 16.7. The van der Waals surface area contributed by atoms with Gasteiger partial charge in [-0.3, -0.25) is 0 Å². The summed E-state index contributed by atoms with van der Waals surface area (Å²) in [7, 11) is 0. The van der Waals surface area contributed by atoms with Crippen LogP contribution in [-0.2, 0) is 12.8 Å². The SMILES string of the molecule is Cc1ccccc1-c1cc(-c2cccc3c2sc2c3ccc3c4ccccc4n(-c4ccccc4)c32)ccc1CCc1cccc(-c2nc(-c3ccccc3)nc(-c3ccccc3)n2)c1. The lowest BCUT2D eigenvalue weighted by Crippen LogP contribution is -2.01. The first-order valence-electron chi connectivity index (χ1n) is 22.2. The Morgan fingerprint density at radius 3 is 1.74 bits per heavy atom. The molecule has 12 rings (SSSR count). The average molecular weight is 851 g/mol. The molecule has 0 N–H and O–H groups in total. The Hall–Kier alpha value is -7.99. The molecule has 12 aromatic rings. The Labute approximate surface area is 381 Å². The van der Waals surface area contributed by atoms with Crippen LogP contribution in [0.25, 0.3) is 104 Å². The zero-order valence-corrected chi connectivity index (χ0v) is 36.6. The number of aromatic nitrogens is 4. The normalized spacial score (nSPS) is 11.6. The van der Waals surface area contributed by atoms with E-state index in [2.05, 4.69) is 187 Å². The van der Waals surface area contributed by atoms with Crippen LogP contribution in [0.2, 0.25) is 0 Å². The fourth-order valence-corrected chi connectivity index (χ4v) is 10.9. The van der Waals surface area contributed by atoms with Crippen LogP contribution in [0.3, 0.4) is 0 Å². The van der Waals surface area contributed by atoms with Gasteiger partial charge in [0.25, 0.3) is 0 Å². The van der Waals surface area contributed by atoms with E-state index in [1.54, 1.807) is 0 Å². The molecule has 9 aromatic carbocycles. The Bertz CT molecular complexity index is 3660. The van der Waals surface area contributed by atoms with Gasteiger partial charge >= 0.3 is 0 Å². The molecule has 0 radical (unpaired) electrons. The highest BCUT2D eigenvalue weighted by molar-refractivity contribution is 7.27. The van der Waals surface area contributed by atoms with E-state index >= 15 is 0 Å². The molecule has 0 saturated carbocycles. The summed E-state index contributed by atoms with van der Waals surface area (Å²) in [4.78, 5) is 14.9. The summed E-state index contributed by atoms with van der Waals surface area (Å²) < 4.78 is 5.08. The zero-order valence-electron chi connectivity index (χ0n) is 35.8. The van der Waals surface area contributed by atoms with Crippen LogP contribution in [0.15, 0.2) is 212 Å². The lowest BCUT2D eigenvalue weighted by molar-refractivity contribution is 0.961. The second-order valence-corrected chi connectivity index (χ2v) is 17.8. The lowest BCUT2D eigenvalue weighted by atomic mass is 9.89. The third-order valence-corrected chi connectivity index (χ3v) is 14.0. The van der Waals surface area contributed by atoms with Gasteiger partial charge in [0, 0.05) is 48.6 Å². The molecule has 0 spiro atoms. The van der Waals surface area contributed by atoms with Crippen LogP contribution in [0.4, 0.5) is 0 Å². The molecule has 308 valence electrons. The number of rotatable bonds is 9. The first-order chi connectivity index (χ1) is 32.1. The maximum absolute atomic E-state index is 5.02. The van der Waals surface area contributed by atoms with Gasteiger partial charge in [0.05, 0.1) is 15.7 Å². The Morgan fingerprint density at radius 2 is 0.985 bits per heavy atom. The average Bonchev–Trinajstić information content (AvgIpc) is 3.93. The summed E-state index contributed by atoms with van der Waals surface area (Å²) in [5.74, 6) is 2.00. The molecule has 65 heavy (non-hydrogen) atoms. The standard InChI is InChI=1S/C60H42N4S/c1-39-17-11-12-26-47(39)53-38-44(48-28-16-29-51-52-36-35-50-49-27-13-14-30-54(49)64(46-24-9-4-10-25-46)55(50)57(52)65-56(48)51)34-33-41(53)32-31-40-18-15-23-45(37-40)60-62-58(42-19-5-2-6-20-42)61-59(63-60)43-21-7-3-8-22-43/h2-30,33-38H,31-32H2,1H3. The molecule has 0 fully saturated rings. The van der Waals surface area contributed by atoms with Crippen LogP contribution in [-0.4, -0.2) is 19.5 Å². The quantitative estimate of drug-likeness (QED) is 0.145. The predicted octanol–water partition coefficient (Wildman–Crippen LogP) is 15.8. The van der Waals surface area contributed by atoms with Crippen molar-refractivity contribution in [1.29, 1.82) is 0 Å². The van der Waals surface area contributed by atoms with Crippen molar-refractivity contribution in [2.75, 3.05) is 0 Å². The van der Waals surface area contributed by atoms with Crippen molar-refractivity contribution in [1.82, 2.24) is 19.5 Å². The van der Waals surface area contributed by atoms with Crippen molar-refractivity contribution >= 4 is 53.3 Å². The molecule has 0 aliphatic rings. The third-order valence-electron chi connectivity index (χ3n) is 12.7. The lowest BCUT2D eigenvalue weighted by Gasteiger charge is -2.15. The van der Waals surface area contributed by atoms with Crippen molar-refractivity contribution < 1.29 is 0 Å². The molecule has 0 aliphatic heterocycles. The molecule has 5 heteroatoms. The van der Waals surface area contributed by atoms with Gasteiger partial charge in [-0.2, -0.15) is 0 Å². The highest BCUT2D eigenvalue weighted by Crippen LogP contribution is 2.46. The maximum atomic E-state index is 5.02. The summed E-state index contributed by atoms with van der Waals surface area (Å²) >= 11 is 1.92. The van der Waals surface area contributed by atoms with Crippen molar-refractivity contribution in [2.45, 2.75) is 19.8 Å². The zero-order chi connectivity index (χ0) is 43.3. The number of thiophene rings is 1. The van der Waals surface area contributed by atoms with E-state index < -0.39 is 0 Å². The van der Waals surface area contributed by atoms with Gasteiger partial charge in [0.2, 0.25) is 0 Å². The van der Waals surface area contributed by atoms with Crippen LogP contribution >= 0.6 is 11.3 Å². The fourth-order valence-electron chi connectivity index (χ4n) is 9.55. The van der Waals surface area contributed by atoms with E-state index in [1.807, 2.05) is 47.7 Å². The number of hydrogen-bond acceptors (Lipinski definition) is 4. The molecule has 0 bridgehead atoms. The maximum Gasteiger partial charge on any atom is 0.164 e. The molecular formula is C60H42N4S. The first-order valence-corrected chi connectivity index (χ1v) is 23.0. The van der Waals surface area contributed by atoms with E-state index in [1.165, 1.54) is 86.6 Å². The second kappa shape index (κ2) is 16.3. The van der Waals surface area contributed by atoms with E-state index in [4.69, 9.17) is 15.0 Å². The molecule has 0 unspecified atom stereocenters. The van der Waals surface area contributed by atoms with E-state index in [-0.39, 0.29) is 0 Å². The van der Waals surface area contributed by atoms with Crippen molar-refractivity contribution in [3.05, 3.63) is 229 Å². The number of para-hydroxylation sites is 2. The van der Waals surface area contributed by atoms with Gasteiger partial charge in [-0.15, -0.1) is 11.3 Å². The Balaban J connectivity index is 0.936. The molecular weight excluding hydrogens is 809 g/mol. The molecule has 0 aliphatic carbocycles. The highest BCUT2D eigenvalue weighted by Gasteiger charge is 2.20. The van der Waals surface area contributed by atoms with Crippen LogP contribution in [0.1, 0.15) is 16.7 Å². The summed E-state index contributed by atoms with van der Waals surface area (Å²) in [6.45, 7) is 2.22. The van der Waals surface area contributed by atoms with Gasteiger partial charge in [-0.25, -0.2) is 15.0 Å². The molecule has 0 amide bonds. The number of nitrogens with zero attached hydrogens (tertiary/aromatic N) is 4. The number of benzene rings is 9. The largest absolute Gasteiger partial charge is 0.308 e. The minimum Gasteiger partial charge on any atom is -0.308 e. The Kier molecular flexibility index (Phi) is 9.69. The summed E-state index contributed by atoms with van der Waals surface area (Å²) in [5, 5.41) is 5.14. The van der Waals surface area contributed by atoms with Crippen LogP contribution in [0.5, 0.6) is 0 Å². The summed E-state index contributed by atoms with van der Waals surface area (Å²) in [5.41, 5.74) is 15.4. The number of hydrogen-bond donors (Lipinski definition) is 0.